The minimum absolute atomic E-state index is 0.539. The second-order valence-electron chi connectivity index (χ2n) is 6.44. The van der Waals surface area contributed by atoms with Crippen molar-refractivity contribution < 1.29 is 9.69 Å². The van der Waals surface area contributed by atoms with Gasteiger partial charge < -0.3 is 9.80 Å². The molecule has 1 saturated heterocycles. The zero-order chi connectivity index (χ0) is 16.2. The predicted molar refractivity (Wildman–Crippen MR) is 94.3 cm³/mol. The molecule has 0 aliphatic carbocycles. The number of aryl methyl sites for hydroxylation is 1. The number of anilines is 1. The number of nitrogens with one attached hydrogen (secondary N) is 1. The molecule has 1 fully saturated rings. The number of hydrogen-bond donors (Lipinski definition) is 1. The maximum atomic E-state index is 11.0. The zero-order valence-corrected chi connectivity index (χ0v) is 14.0. The first-order valence-corrected chi connectivity index (χ1v) is 8.39. The molecule has 1 N–H and O–H groups in total. The van der Waals surface area contributed by atoms with Gasteiger partial charge in [0.1, 0.15) is 12.3 Å². The monoisotopic (exact) mass is 309 g/mol. The summed E-state index contributed by atoms with van der Waals surface area (Å²) in [4.78, 5) is 15.0. The summed E-state index contributed by atoms with van der Waals surface area (Å²) in [5, 5.41) is 0. The van der Waals surface area contributed by atoms with Crippen molar-refractivity contribution in [1.29, 1.82) is 0 Å². The molecule has 1 aliphatic heterocycles. The number of hydrogen-bond acceptors (Lipinski definition) is 2. The van der Waals surface area contributed by atoms with Crippen LogP contribution in [0.1, 0.15) is 34.5 Å². The van der Waals surface area contributed by atoms with E-state index in [1.807, 2.05) is 13.0 Å². The average molecular weight is 309 g/mol. The van der Waals surface area contributed by atoms with Crippen molar-refractivity contribution in [3.05, 3.63) is 65.2 Å². The molecular formula is C20H25N2O+. The van der Waals surface area contributed by atoms with E-state index in [2.05, 4.69) is 54.3 Å². The Labute approximate surface area is 138 Å². The molecular weight excluding hydrogens is 284 g/mol. The third kappa shape index (κ3) is 3.45. The molecule has 0 radical (unpaired) electrons. The smallest absolute Gasteiger partial charge is 0.150 e. The lowest BCUT2D eigenvalue weighted by molar-refractivity contribution is -0.930. The predicted octanol–water partition coefficient (Wildman–Crippen LogP) is 2.27. The second-order valence-corrected chi connectivity index (χ2v) is 6.44. The van der Waals surface area contributed by atoms with Crippen LogP contribution in [0.15, 0.2) is 48.5 Å². The van der Waals surface area contributed by atoms with Gasteiger partial charge in [0, 0.05) is 16.8 Å². The molecule has 1 aliphatic rings. The summed E-state index contributed by atoms with van der Waals surface area (Å²) in [6, 6.07) is 17.5. The van der Waals surface area contributed by atoms with Crippen molar-refractivity contribution in [3.63, 3.8) is 0 Å². The van der Waals surface area contributed by atoms with Crippen LogP contribution in [0.5, 0.6) is 0 Å². The van der Waals surface area contributed by atoms with Gasteiger partial charge in [-0.1, -0.05) is 30.3 Å². The fourth-order valence-electron chi connectivity index (χ4n) is 3.45. The maximum absolute atomic E-state index is 11.0. The van der Waals surface area contributed by atoms with Crippen LogP contribution < -0.4 is 9.80 Å². The first-order chi connectivity index (χ1) is 11.2. The molecule has 3 rings (SSSR count). The third-order valence-electron chi connectivity index (χ3n) is 5.06. The minimum atomic E-state index is 0.539. The lowest BCUT2D eigenvalue weighted by Gasteiger charge is -2.36. The third-order valence-corrected chi connectivity index (χ3v) is 5.06. The molecule has 0 spiro atoms. The van der Waals surface area contributed by atoms with Crippen LogP contribution in [-0.4, -0.2) is 32.5 Å². The molecule has 2 aromatic carbocycles. The first-order valence-electron chi connectivity index (χ1n) is 8.39. The van der Waals surface area contributed by atoms with Crippen LogP contribution in [0.3, 0.4) is 0 Å². The first kappa shape index (κ1) is 15.8. The van der Waals surface area contributed by atoms with Gasteiger partial charge in [0.2, 0.25) is 0 Å². The van der Waals surface area contributed by atoms with E-state index in [-0.39, 0.29) is 0 Å². The number of quaternary nitrogens is 1. The number of piperazine rings is 1. The van der Waals surface area contributed by atoms with E-state index in [4.69, 9.17) is 0 Å². The van der Waals surface area contributed by atoms with Crippen LogP contribution in [-0.2, 0) is 0 Å². The van der Waals surface area contributed by atoms with Crippen LogP contribution >= 0.6 is 0 Å². The summed E-state index contributed by atoms with van der Waals surface area (Å²) >= 11 is 0. The maximum Gasteiger partial charge on any atom is 0.150 e. The average Bonchev–Trinajstić information content (AvgIpc) is 2.62. The molecule has 0 unspecified atom stereocenters. The molecule has 120 valence electrons. The van der Waals surface area contributed by atoms with E-state index in [1.54, 1.807) is 4.90 Å². The normalized spacial score (nSPS) is 17.0. The van der Waals surface area contributed by atoms with E-state index in [0.717, 1.165) is 43.6 Å². The molecule has 2 aromatic rings. The number of carbonyl (C=O) groups is 1. The van der Waals surface area contributed by atoms with Crippen molar-refractivity contribution in [3.8, 4) is 0 Å². The highest BCUT2D eigenvalue weighted by molar-refractivity contribution is 5.78. The summed E-state index contributed by atoms with van der Waals surface area (Å²) in [5.74, 6) is 0. The van der Waals surface area contributed by atoms with Gasteiger partial charge in [-0.3, -0.25) is 4.79 Å². The van der Waals surface area contributed by atoms with Gasteiger partial charge in [-0.05, 0) is 37.6 Å². The second kappa shape index (κ2) is 6.97. The van der Waals surface area contributed by atoms with E-state index in [9.17, 15) is 4.79 Å². The van der Waals surface area contributed by atoms with E-state index in [0.29, 0.717) is 6.04 Å². The number of nitrogens with zero attached hydrogens (tertiary/aromatic N) is 1. The Morgan fingerprint density at radius 3 is 2.39 bits per heavy atom. The van der Waals surface area contributed by atoms with Crippen LogP contribution in [0, 0.1) is 6.92 Å². The Bertz CT molecular complexity index is 661. The Morgan fingerprint density at radius 1 is 1.09 bits per heavy atom. The van der Waals surface area contributed by atoms with E-state index < -0.39 is 0 Å². The highest BCUT2D eigenvalue weighted by atomic mass is 16.1. The summed E-state index contributed by atoms with van der Waals surface area (Å²) in [6.07, 6.45) is 0.933. The van der Waals surface area contributed by atoms with Gasteiger partial charge >= 0.3 is 0 Å². The number of benzene rings is 2. The van der Waals surface area contributed by atoms with Crippen molar-refractivity contribution in [2.45, 2.75) is 19.9 Å². The molecule has 0 amide bonds. The van der Waals surface area contributed by atoms with E-state index in [1.165, 1.54) is 11.3 Å². The lowest BCUT2D eigenvalue weighted by Crippen LogP contribution is -3.14. The Hall–Kier alpha value is -2.13. The van der Waals surface area contributed by atoms with Crippen LogP contribution in [0.2, 0.25) is 0 Å². The van der Waals surface area contributed by atoms with Gasteiger partial charge in [0.15, 0.2) is 0 Å². The molecule has 0 bridgehead atoms. The summed E-state index contributed by atoms with van der Waals surface area (Å²) in [7, 11) is 0. The van der Waals surface area contributed by atoms with Crippen LogP contribution in [0.25, 0.3) is 0 Å². The van der Waals surface area contributed by atoms with E-state index >= 15 is 0 Å². The zero-order valence-electron chi connectivity index (χ0n) is 14.0. The topological polar surface area (TPSA) is 24.8 Å². The van der Waals surface area contributed by atoms with Gasteiger partial charge in [0.05, 0.1) is 26.2 Å². The summed E-state index contributed by atoms with van der Waals surface area (Å²) in [6.45, 7) is 8.74. The number of carbonyl (C=O) groups excluding carboxylic acids is 1. The molecule has 23 heavy (non-hydrogen) atoms. The Kier molecular flexibility index (Phi) is 4.77. The summed E-state index contributed by atoms with van der Waals surface area (Å²) < 4.78 is 0. The van der Waals surface area contributed by atoms with Crippen molar-refractivity contribution in [1.82, 2.24) is 0 Å². The van der Waals surface area contributed by atoms with Crippen LogP contribution in [0.4, 0.5) is 5.69 Å². The quantitative estimate of drug-likeness (QED) is 0.877. The molecule has 3 heteroatoms. The summed E-state index contributed by atoms with van der Waals surface area (Å²) in [5.41, 5.74) is 4.50. The molecule has 0 aromatic heterocycles. The molecule has 3 nitrogen and oxygen atoms in total. The Balaban J connectivity index is 1.64. The molecule has 1 heterocycles. The molecule has 0 saturated carbocycles. The van der Waals surface area contributed by atoms with Crippen molar-refractivity contribution in [2.75, 3.05) is 31.1 Å². The van der Waals surface area contributed by atoms with Gasteiger partial charge in [-0.25, -0.2) is 0 Å². The molecule has 1 atom stereocenters. The fourth-order valence-corrected chi connectivity index (χ4v) is 3.45. The number of aldehydes is 1. The lowest BCUT2D eigenvalue weighted by atomic mass is 10.1. The highest BCUT2D eigenvalue weighted by Crippen LogP contribution is 2.19. The SMILES string of the molecule is Cc1cc(N2CC[NH+]([C@H](C)c3ccccc3)CC2)ccc1C=O. The van der Waals surface area contributed by atoms with Gasteiger partial charge in [-0.15, -0.1) is 0 Å². The Morgan fingerprint density at radius 2 is 1.78 bits per heavy atom. The largest absolute Gasteiger partial charge is 0.360 e. The van der Waals surface area contributed by atoms with Crippen molar-refractivity contribution >= 4 is 12.0 Å². The van der Waals surface area contributed by atoms with Gasteiger partial charge in [0.25, 0.3) is 0 Å². The fraction of sp³-hybridized carbons (Fsp3) is 0.350. The highest BCUT2D eigenvalue weighted by Gasteiger charge is 2.25. The number of rotatable bonds is 4. The van der Waals surface area contributed by atoms with Crippen molar-refractivity contribution in [2.24, 2.45) is 0 Å². The standard InChI is InChI=1S/C20H24N2O/c1-16-14-20(9-8-19(16)15-23)22-12-10-21(11-13-22)17(2)18-6-4-3-5-7-18/h3-9,14-15,17H,10-13H2,1-2H3/p+1/t17-/m1/s1. The van der Waals surface area contributed by atoms with Gasteiger partial charge in [-0.2, -0.15) is 0 Å². The minimum Gasteiger partial charge on any atom is -0.360 e.